The number of allylic oxidation sites excluding steroid dienone is 2. The van der Waals surface area contributed by atoms with E-state index in [4.69, 9.17) is 0 Å². The molecule has 3 nitrogen and oxygen atoms in total. The van der Waals surface area contributed by atoms with Crippen molar-refractivity contribution in [3.63, 3.8) is 0 Å². The van der Waals surface area contributed by atoms with Gasteiger partial charge in [0.1, 0.15) is 0 Å². The number of nitrogens with one attached hydrogen (secondary N) is 1. The summed E-state index contributed by atoms with van der Waals surface area (Å²) in [5, 5.41) is 2.52. The molecule has 16 heavy (non-hydrogen) atoms. The normalized spacial score (nSPS) is 14.3. The summed E-state index contributed by atoms with van der Waals surface area (Å²) in [6.45, 7) is 4.02. The molecule has 0 fully saturated rings. The minimum Gasteiger partial charge on any atom is -0.325 e. The summed E-state index contributed by atoms with van der Waals surface area (Å²) in [7, 11) is 0. The van der Waals surface area contributed by atoms with E-state index in [1.807, 2.05) is 32.0 Å². The van der Waals surface area contributed by atoms with Crippen LogP contribution < -0.4 is 5.32 Å². The summed E-state index contributed by atoms with van der Waals surface area (Å²) in [4.78, 5) is 22.6. The summed E-state index contributed by atoms with van der Waals surface area (Å²) < 4.78 is 0. The molecule has 0 bridgehead atoms. The number of Topliss-reactive ketones (excluding diaryl/α,β-unsaturated/α-hetero) is 1. The molecule has 0 spiro atoms. The Hall–Kier alpha value is -1.90. The fourth-order valence-electron chi connectivity index (χ4n) is 2.11. The molecule has 0 saturated heterocycles. The molecule has 0 aliphatic heterocycles. The maximum absolute atomic E-state index is 12.0. The Kier molecular flexibility index (Phi) is 2.60. The van der Waals surface area contributed by atoms with Gasteiger partial charge in [-0.3, -0.25) is 9.59 Å². The first-order chi connectivity index (χ1) is 7.66. The molecule has 0 unspecified atom stereocenters. The molecule has 1 aliphatic carbocycles. The SMILES string of the molecule is CC(C)C1=C(NC=O)C(=O)c2ccccc21. The van der Waals surface area contributed by atoms with Crippen molar-refractivity contribution in [2.45, 2.75) is 13.8 Å². The molecule has 0 saturated carbocycles. The molecule has 1 aliphatic rings. The maximum atomic E-state index is 12.0. The van der Waals surface area contributed by atoms with Crippen LogP contribution in [-0.4, -0.2) is 12.2 Å². The van der Waals surface area contributed by atoms with Crippen LogP contribution in [0.3, 0.4) is 0 Å². The van der Waals surface area contributed by atoms with E-state index in [9.17, 15) is 9.59 Å². The van der Waals surface area contributed by atoms with Gasteiger partial charge >= 0.3 is 0 Å². The lowest BCUT2D eigenvalue weighted by Crippen LogP contribution is -2.17. The van der Waals surface area contributed by atoms with Gasteiger partial charge in [0.15, 0.2) is 0 Å². The molecule has 0 aromatic heterocycles. The third-order valence-corrected chi connectivity index (χ3v) is 2.74. The van der Waals surface area contributed by atoms with E-state index >= 15 is 0 Å². The fourth-order valence-corrected chi connectivity index (χ4v) is 2.11. The Morgan fingerprint density at radius 3 is 2.38 bits per heavy atom. The van der Waals surface area contributed by atoms with Crippen molar-refractivity contribution in [2.75, 3.05) is 0 Å². The molecule has 1 aromatic rings. The average molecular weight is 215 g/mol. The van der Waals surface area contributed by atoms with Crippen LogP contribution in [0.5, 0.6) is 0 Å². The largest absolute Gasteiger partial charge is 0.325 e. The van der Waals surface area contributed by atoms with Crippen LogP contribution in [0, 0.1) is 5.92 Å². The molecule has 1 N–H and O–H groups in total. The fraction of sp³-hybridized carbons (Fsp3) is 0.231. The van der Waals surface area contributed by atoms with Gasteiger partial charge in [-0.25, -0.2) is 0 Å². The number of fused-ring (bicyclic) bond motifs is 1. The molecule has 0 atom stereocenters. The highest BCUT2D eigenvalue weighted by Gasteiger charge is 2.30. The second-order valence-corrected chi connectivity index (χ2v) is 4.08. The summed E-state index contributed by atoms with van der Waals surface area (Å²) in [6.07, 6.45) is 0.557. The predicted octanol–water partition coefficient (Wildman–Crippen LogP) is 2.00. The van der Waals surface area contributed by atoms with Crippen LogP contribution in [-0.2, 0) is 4.79 Å². The van der Waals surface area contributed by atoms with E-state index in [1.165, 1.54) is 0 Å². The first kappa shape index (κ1) is 10.6. The molecule has 0 heterocycles. The first-order valence-corrected chi connectivity index (χ1v) is 5.25. The standard InChI is InChI=1S/C13H13NO2/c1-8(2)11-9-5-3-4-6-10(9)13(16)12(11)14-7-15/h3-8H,1-2H3,(H,14,15,16). The quantitative estimate of drug-likeness (QED) is 0.784. The predicted molar refractivity (Wildman–Crippen MR) is 61.7 cm³/mol. The van der Waals surface area contributed by atoms with Crippen LogP contribution in [0.15, 0.2) is 30.0 Å². The summed E-state index contributed by atoms with van der Waals surface area (Å²) in [6, 6.07) is 7.44. The topological polar surface area (TPSA) is 46.2 Å². The van der Waals surface area contributed by atoms with E-state index in [0.717, 1.165) is 11.1 Å². The van der Waals surface area contributed by atoms with Crippen molar-refractivity contribution in [1.82, 2.24) is 5.32 Å². The molecule has 1 aromatic carbocycles. The van der Waals surface area contributed by atoms with Crippen molar-refractivity contribution < 1.29 is 9.59 Å². The zero-order chi connectivity index (χ0) is 11.7. The van der Waals surface area contributed by atoms with Crippen molar-refractivity contribution >= 4 is 17.8 Å². The highest BCUT2D eigenvalue weighted by atomic mass is 16.1. The van der Waals surface area contributed by atoms with Gasteiger partial charge in [0.2, 0.25) is 12.2 Å². The molecule has 1 amide bonds. The second kappa shape index (κ2) is 3.93. The minimum atomic E-state index is -0.0913. The van der Waals surface area contributed by atoms with Gasteiger partial charge in [0.25, 0.3) is 0 Å². The zero-order valence-electron chi connectivity index (χ0n) is 9.28. The van der Waals surface area contributed by atoms with Crippen molar-refractivity contribution in [2.24, 2.45) is 5.92 Å². The smallest absolute Gasteiger partial charge is 0.211 e. The van der Waals surface area contributed by atoms with Gasteiger partial charge in [0, 0.05) is 5.56 Å². The lowest BCUT2D eigenvalue weighted by atomic mass is 9.96. The van der Waals surface area contributed by atoms with E-state index in [1.54, 1.807) is 6.07 Å². The maximum Gasteiger partial charge on any atom is 0.211 e. The van der Waals surface area contributed by atoms with E-state index in [-0.39, 0.29) is 11.7 Å². The Balaban J connectivity index is 2.62. The van der Waals surface area contributed by atoms with Gasteiger partial charge in [-0.2, -0.15) is 0 Å². The molecule has 82 valence electrons. The molecular weight excluding hydrogens is 202 g/mol. The number of benzene rings is 1. The molecule has 2 rings (SSSR count). The summed E-state index contributed by atoms with van der Waals surface area (Å²) in [5.41, 5.74) is 2.96. The highest BCUT2D eigenvalue weighted by Crippen LogP contribution is 2.35. The van der Waals surface area contributed by atoms with Crippen LogP contribution in [0.25, 0.3) is 5.57 Å². The molecule has 0 radical (unpaired) electrons. The number of rotatable bonds is 3. The highest BCUT2D eigenvalue weighted by molar-refractivity contribution is 6.21. The lowest BCUT2D eigenvalue weighted by molar-refractivity contribution is -0.108. The van der Waals surface area contributed by atoms with Crippen LogP contribution in [0.4, 0.5) is 0 Å². The third-order valence-electron chi connectivity index (χ3n) is 2.74. The third kappa shape index (κ3) is 1.45. The van der Waals surface area contributed by atoms with Crippen molar-refractivity contribution in [3.8, 4) is 0 Å². The molecule has 3 heteroatoms. The Labute approximate surface area is 94.2 Å². The van der Waals surface area contributed by atoms with Gasteiger partial charge in [0.05, 0.1) is 5.70 Å². The second-order valence-electron chi connectivity index (χ2n) is 4.08. The van der Waals surface area contributed by atoms with E-state index in [0.29, 0.717) is 17.7 Å². The number of carbonyl (C=O) groups excluding carboxylic acids is 2. The van der Waals surface area contributed by atoms with Crippen LogP contribution in [0.2, 0.25) is 0 Å². The summed E-state index contributed by atoms with van der Waals surface area (Å²) in [5.74, 6) is 0.112. The average Bonchev–Trinajstić information content (AvgIpc) is 2.54. The Bertz CT molecular complexity index is 486. The number of carbonyl (C=O) groups is 2. The van der Waals surface area contributed by atoms with Crippen molar-refractivity contribution in [3.05, 3.63) is 41.1 Å². The zero-order valence-corrected chi connectivity index (χ0v) is 9.28. The first-order valence-electron chi connectivity index (χ1n) is 5.25. The monoisotopic (exact) mass is 215 g/mol. The van der Waals surface area contributed by atoms with Gasteiger partial charge in [-0.05, 0) is 17.1 Å². The molecular formula is C13H13NO2. The number of hydrogen-bond acceptors (Lipinski definition) is 2. The number of amides is 1. The number of ketones is 1. The lowest BCUT2D eigenvalue weighted by Gasteiger charge is -2.09. The van der Waals surface area contributed by atoms with Crippen LogP contribution in [0.1, 0.15) is 29.8 Å². The Morgan fingerprint density at radius 2 is 1.81 bits per heavy atom. The Morgan fingerprint density at radius 1 is 1.19 bits per heavy atom. The van der Waals surface area contributed by atoms with Crippen molar-refractivity contribution in [1.29, 1.82) is 0 Å². The van der Waals surface area contributed by atoms with Gasteiger partial charge in [-0.1, -0.05) is 38.1 Å². The summed E-state index contributed by atoms with van der Waals surface area (Å²) >= 11 is 0. The van der Waals surface area contributed by atoms with Gasteiger partial charge in [-0.15, -0.1) is 0 Å². The van der Waals surface area contributed by atoms with Gasteiger partial charge < -0.3 is 5.32 Å². The van der Waals surface area contributed by atoms with E-state index < -0.39 is 0 Å². The van der Waals surface area contributed by atoms with E-state index in [2.05, 4.69) is 5.32 Å². The van der Waals surface area contributed by atoms with Crippen LogP contribution >= 0.6 is 0 Å². The minimum absolute atomic E-state index is 0.0913. The number of hydrogen-bond donors (Lipinski definition) is 1.